The highest BCUT2D eigenvalue weighted by Gasteiger charge is 2.07. The van der Waals surface area contributed by atoms with E-state index in [4.69, 9.17) is 0 Å². The minimum Gasteiger partial charge on any atom is -0.333 e. The fourth-order valence-electron chi connectivity index (χ4n) is 1.82. The van der Waals surface area contributed by atoms with Gasteiger partial charge >= 0.3 is 0 Å². The first-order chi connectivity index (χ1) is 10.7. The second kappa shape index (κ2) is 6.67. The number of aromatic nitrogens is 2. The summed E-state index contributed by atoms with van der Waals surface area (Å²) < 4.78 is 0. The van der Waals surface area contributed by atoms with Gasteiger partial charge in [-0.3, -0.25) is 15.6 Å². The number of H-pyrrole nitrogens is 1. The van der Waals surface area contributed by atoms with E-state index in [2.05, 4.69) is 27.4 Å². The number of hydrogen-bond donors (Lipinski definition) is 3. The molecule has 2 heterocycles. The Morgan fingerprint density at radius 3 is 2.91 bits per heavy atom. The molecule has 3 rings (SSSR count). The van der Waals surface area contributed by atoms with Gasteiger partial charge in [0.1, 0.15) is 0 Å². The van der Waals surface area contributed by atoms with Gasteiger partial charge < -0.3 is 4.98 Å². The first kappa shape index (κ1) is 14.7. The molecule has 0 saturated carbocycles. The number of amides is 1. The van der Waals surface area contributed by atoms with Gasteiger partial charge in [-0.1, -0.05) is 36.5 Å². The Morgan fingerprint density at radius 1 is 1.27 bits per heavy atom. The van der Waals surface area contributed by atoms with E-state index in [0.29, 0.717) is 5.70 Å². The highest BCUT2D eigenvalue weighted by molar-refractivity contribution is 7.99. The van der Waals surface area contributed by atoms with Crippen LogP contribution in [0.5, 0.6) is 0 Å². The van der Waals surface area contributed by atoms with Crippen molar-refractivity contribution in [3.63, 3.8) is 0 Å². The fourth-order valence-corrected chi connectivity index (χ4v) is 3.16. The van der Waals surface area contributed by atoms with Gasteiger partial charge in [0.05, 0.1) is 27.4 Å². The molecule has 22 heavy (non-hydrogen) atoms. The zero-order valence-electron chi connectivity index (χ0n) is 11.6. The first-order valence-electron chi connectivity index (χ1n) is 6.57. The van der Waals surface area contributed by atoms with E-state index in [0.717, 1.165) is 21.1 Å². The summed E-state index contributed by atoms with van der Waals surface area (Å²) in [6, 6.07) is 11.6. The van der Waals surface area contributed by atoms with Gasteiger partial charge in [-0.25, -0.2) is 4.98 Å². The number of carbonyl (C=O) groups excluding carboxylic acids is 1. The van der Waals surface area contributed by atoms with E-state index in [-0.39, 0.29) is 11.7 Å². The number of nitrogens with one attached hydrogen (secondary N) is 3. The largest absolute Gasteiger partial charge is 0.333 e. The first-order valence-corrected chi connectivity index (χ1v) is 8.44. The van der Waals surface area contributed by atoms with Crippen LogP contribution >= 0.6 is 23.1 Å². The average molecular weight is 330 g/mol. The fraction of sp³-hybridized carbons (Fsp3) is 0.0667. The Kier molecular flexibility index (Phi) is 4.45. The zero-order chi connectivity index (χ0) is 15.4. The molecule has 112 valence electrons. The van der Waals surface area contributed by atoms with Crippen LogP contribution in [0, 0.1) is 0 Å². The second-order valence-electron chi connectivity index (χ2n) is 4.48. The summed E-state index contributed by atoms with van der Waals surface area (Å²) in [4.78, 5) is 20.4. The van der Waals surface area contributed by atoms with Crippen molar-refractivity contribution in [1.82, 2.24) is 20.8 Å². The minimum absolute atomic E-state index is 0.136. The molecular weight excluding hydrogens is 316 g/mol. The summed E-state index contributed by atoms with van der Waals surface area (Å²) in [6.07, 6.45) is 0. The van der Waals surface area contributed by atoms with Crippen LogP contribution in [-0.2, 0) is 4.79 Å². The third-order valence-corrected chi connectivity index (χ3v) is 4.68. The van der Waals surface area contributed by atoms with E-state index < -0.39 is 0 Å². The molecule has 5 nitrogen and oxygen atoms in total. The van der Waals surface area contributed by atoms with Gasteiger partial charge in [0.25, 0.3) is 0 Å². The molecule has 1 aromatic carbocycles. The van der Waals surface area contributed by atoms with Crippen molar-refractivity contribution < 1.29 is 4.79 Å². The molecule has 0 radical (unpaired) electrons. The predicted octanol–water partition coefficient (Wildman–Crippen LogP) is 3.01. The number of hydrazine groups is 1. The molecule has 0 saturated heterocycles. The van der Waals surface area contributed by atoms with Crippen molar-refractivity contribution in [3.8, 4) is 0 Å². The lowest BCUT2D eigenvalue weighted by Crippen LogP contribution is -2.36. The maximum atomic E-state index is 11.8. The van der Waals surface area contributed by atoms with Gasteiger partial charge in [0, 0.05) is 0 Å². The lowest BCUT2D eigenvalue weighted by molar-refractivity contribution is -0.119. The lowest BCUT2D eigenvalue weighted by Gasteiger charge is -2.08. The van der Waals surface area contributed by atoms with E-state index in [1.54, 1.807) is 11.3 Å². The number of thiophene rings is 1. The molecule has 2 aromatic heterocycles. The quantitative estimate of drug-likeness (QED) is 0.480. The van der Waals surface area contributed by atoms with Gasteiger partial charge in [0.15, 0.2) is 5.16 Å². The standard InChI is InChI=1S/C15H14N4OS2/c1-10(13-7-4-8-21-13)18-19-14(20)9-22-15-16-11-5-2-3-6-12(11)17-15/h2-8,18H,1,9H2,(H,16,17)(H,19,20). The van der Waals surface area contributed by atoms with E-state index >= 15 is 0 Å². The van der Waals surface area contributed by atoms with Crippen molar-refractivity contribution in [2.24, 2.45) is 0 Å². The molecule has 0 fully saturated rings. The topological polar surface area (TPSA) is 69.8 Å². The van der Waals surface area contributed by atoms with E-state index in [1.807, 2.05) is 41.8 Å². The Hall–Kier alpha value is -2.25. The van der Waals surface area contributed by atoms with Crippen molar-refractivity contribution in [3.05, 3.63) is 53.2 Å². The van der Waals surface area contributed by atoms with Gasteiger partial charge in [-0.05, 0) is 23.6 Å². The monoisotopic (exact) mass is 330 g/mol. The number of imidazole rings is 1. The summed E-state index contributed by atoms with van der Waals surface area (Å²) in [7, 11) is 0. The van der Waals surface area contributed by atoms with E-state index in [1.165, 1.54) is 11.8 Å². The van der Waals surface area contributed by atoms with Gasteiger partial charge in [-0.15, -0.1) is 11.3 Å². The molecule has 3 N–H and O–H groups in total. The number of rotatable bonds is 6. The van der Waals surface area contributed by atoms with E-state index in [9.17, 15) is 4.79 Å². The number of hydrogen-bond acceptors (Lipinski definition) is 5. The van der Waals surface area contributed by atoms with Crippen molar-refractivity contribution >= 4 is 45.7 Å². The highest BCUT2D eigenvalue weighted by Crippen LogP contribution is 2.19. The van der Waals surface area contributed by atoms with Gasteiger partial charge in [0.2, 0.25) is 5.91 Å². The molecule has 0 aliphatic carbocycles. The molecule has 7 heteroatoms. The van der Waals surface area contributed by atoms with Crippen LogP contribution in [0.3, 0.4) is 0 Å². The Balaban J connectivity index is 1.49. The average Bonchev–Trinajstić information content (AvgIpc) is 3.19. The van der Waals surface area contributed by atoms with Crippen LogP contribution in [0.1, 0.15) is 4.88 Å². The van der Waals surface area contributed by atoms with Crippen LogP contribution < -0.4 is 10.9 Å². The number of carbonyl (C=O) groups is 1. The normalized spacial score (nSPS) is 10.5. The van der Waals surface area contributed by atoms with Crippen LogP contribution in [0.2, 0.25) is 0 Å². The molecule has 0 aliphatic heterocycles. The number of benzene rings is 1. The summed E-state index contributed by atoms with van der Waals surface area (Å²) in [5.41, 5.74) is 7.99. The third-order valence-electron chi connectivity index (χ3n) is 2.88. The Morgan fingerprint density at radius 2 is 2.14 bits per heavy atom. The lowest BCUT2D eigenvalue weighted by atomic mass is 10.3. The summed E-state index contributed by atoms with van der Waals surface area (Å²) in [6.45, 7) is 3.88. The second-order valence-corrected chi connectivity index (χ2v) is 6.39. The maximum absolute atomic E-state index is 11.8. The molecule has 0 spiro atoms. The summed E-state index contributed by atoms with van der Waals surface area (Å²) >= 11 is 2.92. The van der Waals surface area contributed by atoms with Gasteiger partial charge in [-0.2, -0.15) is 0 Å². The molecular formula is C15H14N4OS2. The zero-order valence-corrected chi connectivity index (χ0v) is 13.3. The van der Waals surface area contributed by atoms with Crippen LogP contribution in [0.25, 0.3) is 16.7 Å². The number of nitrogens with zero attached hydrogens (tertiary/aromatic N) is 1. The summed E-state index contributed by atoms with van der Waals surface area (Å²) in [5.74, 6) is 0.132. The number of fused-ring (bicyclic) bond motifs is 1. The predicted molar refractivity (Wildman–Crippen MR) is 91.4 cm³/mol. The molecule has 1 amide bonds. The highest BCUT2D eigenvalue weighted by atomic mass is 32.2. The van der Waals surface area contributed by atoms with Crippen LogP contribution in [0.15, 0.2) is 53.5 Å². The Labute approximate surface area is 135 Å². The minimum atomic E-state index is -0.136. The van der Waals surface area contributed by atoms with Crippen LogP contribution in [0.4, 0.5) is 0 Å². The van der Waals surface area contributed by atoms with Crippen LogP contribution in [-0.4, -0.2) is 21.6 Å². The number of para-hydroxylation sites is 2. The molecule has 3 aromatic rings. The molecule has 0 atom stereocenters. The van der Waals surface area contributed by atoms with Crippen molar-refractivity contribution in [2.75, 3.05) is 5.75 Å². The number of aromatic amines is 1. The maximum Gasteiger partial charge on any atom is 0.248 e. The molecule has 0 bridgehead atoms. The third kappa shape index (κ3) is 3.49. The SMILES string of the molecule is C=C(NNC(=O)CSc1nc2ccccc2[nH]1)c1cccs1. The molecule has 0 aliphatic rings. The number of thioether (sulfide) groups is 1. The smallest absolute Gasteiger partial charge is 0.248 e. The molecule has 0 unspecified atom stereocenters. The van der Waals surface area contributed by atoms with Crippen molar-refractivity contribution in [1.29, 1.82) is 0 Å². The summed E-state index contributed by atoms with van der Waals surface area (Å²) in [5, 5.41) is 2.69. The Bertz CT molecular complexity index is 762. The van der Waals surface area contributed by atoms with Crippen molar-refractivity contribution in [2.45, 2.75) is 5.16 Å².